The first-order chi connectivity index (χ1) is 7.03. The molecule has 0 bridgehead atoms. The molecule has 90 valence electrons. The summed E-state index contributed by atoms with van der Waals surface area (Å²) in [5.74, 6) is 0. The Bertz CT molecular complexity index is 511. The van der Waals surface area contributed by atoms with Gasteiger partial charge in [0.1, 0.15) is 0 Å². The van der Waals surface area contributed by atoms with E-state index in [0.717, 1.165) is 16.7 Å². The molecular weight excluding hydrogens is 244 g/mol. The fraction of sp³-hybridized carbons (Fsp3) is 0.500. The largest absolute Gasteiger partial charge is 0.261 e. The highest BCUT2D eigenvalue weighted by Gasteiger charge is 2.21. The maximum atomic E-state index is 11.5. The van der Waals surface area contributed by atoms with E-state index in [2.05, 4.69) is 0 Å². The molecule has 0 aliphatic carbocycles. The number of halogens is 1. The number of hydrogen-bond acceptors (Lipinski definition) is 2. The molecule has 0 saturated heterocycles. The summed E-state index contributed by atoms with van der Waals surface area (Å²) in [5, 5.41) is 0. The second-order valence-electron chi connectivity index (χ2n) is 5.10. The van der Waals surface area contributed by atoms with E-state index in [1.54, 1.807) is 13.0 Å². The minimum absolute atomic E-state index is 0.0885. The fourth-order valence-electron chi connectivity index (χ4n) is 1.51. The van der Waals surface area contributed by atoms with E-state index < -0.39 is 9.05 Å². The lowest BCUT2D eigenvalue weighted by Crippen LogP contribution is -2.13. The number of benzene rings is 1. The van der Waals surface area contributed by atoms with Crippen molar-refractivity contribution in [3.8, 4) is 0 Å². The second kappa shape index (κ2) is 4.04. The Morgan fingerprint density at radius 2 is 1.62 bits per heavy atom. The van der Waals surface area contributed by atoms with Crippen molar-refractivity contribution in [2.75, 3.05) is 0 Å². The molecule has 2 nitrogen and oxygen atoms in total. The van der Waals surface area contributed by atoms with Crippen LogP contribution in [-0.2, 0) is 14.5 Å². The maximum Gasteiger partial charge on any atom is 0.261 e. The molecule has 0 radical (unpaired) electrons. The molecule has 1 rings (SSSR count). The highest BCUT2D eigenvalue weighted by molar-refractivity contribution is 8.13. The number of rotatable bonds is 1. The van der Waals surface area contributed by atoms with E-state index >= 15 is 0 Å². The van der Waals surface area contributed by atoms with Crippen molar-refractivity contribution in [2.24, 2.45) is 0 Å². The average molecular weight is 261 g/mol. The van der Waals surface area contributed by atoms with Crippen LogP contribution in [0.5, 0.6) is 0 Å². The summed E-state index contributed by atoms with van der Waals surface area (Å²) >= 11 is 0. The third kappa shape index (κ3) is 2.77. The van der Waals surface area contributed by atoms with Crippen LogP contribution in [0.2, 0.25) is 0 Å². The van der Waals surface area contributed by atoms with Gasteiger partial charge in [0.25, 0.3) is 9.05 Å². The van der Waals surface area contributed by atoms with Crippen molar-refractivity contribution in [3.05, 3.63) is 28.8 Å². The van der Waals surface area contributed by atoms with Crippen molar-refractivity contribution in [1.82, 2.24) is 0 Å². The Kier molecular flexibility index (Phi) is 3.42. The predicted molar refractivity (Wildman–Crippen MR) is 67.7 cm³/mol. The molecular formula is C12H17ClO2S. The summed E-state index contributed by atoms with van der Waals surface area (Å²) in [6.45, 7) is 9.80. The smallest absolute Gasteiger partial charge is 0.207 e. The lowest BCUT2D eigenvalue weighted by Gasteiger charge is -2.21. The van der Waals surface area contributed by atoms with Crippen molar-refractivity contribution in [3.63, 3.8) is 0 Å². The van der Waals surface area contributed by atoms with E-state index in [-0.39, 0.29) is 10.3 Å². The molecule has 0 aromatic heterocycles. The monoisotopic (exact) mass is 260 g/mol. The first-order valence-corrected chi connectivity index (χ1v) is 7.41. The van der Waals surface area contributed by atoms with E-state index in [4.69, 9.17) is 10.7 Å². The lowest BCUT2D eigenvalue weighted by atomic mass is 9.85. The molecule has 0 spiro atoms. The van der Waals surface area contributed by atoms with Crippen LogP contribution >= 0.6 is 10.7 Å². The molecule has 16 heavy (non-hydrogen) atoms. The molecule has 1 aromatic carbocycles. The summed E-state index contributed by atoms with van der Waals surface area (Å²) in [6, 6.07) is 3.69. The molecule has 1 aromatic rings. The van der Waals surface area contributed by atoms with Gasteiger partial charge in [0.15, 0.2) is 0 Å². The van der Waals surface area contributed by atoms with Crippen LogP contribution in [0.1, 0.15) is 37.5 Å². The van der Waals surface area contributed by atoms with Crippen LogP contribution in [0.15, 0.2) is 17.0 Å². The third-order valence-corrected chi connectivity index (χ3v) is 4.20. The maximum absolute atomic E-state index is 11.5. The second-order valence-corrected chi connectivity index (χ2v) is 7.64. The minimum Gasteiger partial charge on any atom is -0.207 e. The van der Waals surface area contributed by atoms with Crippen LogP contribution in [0, 0.1) is 13.8 Å². The van der Waals surface area contributed by atoms with Crippen molar-refractivity contribution >= 4 is 19.7 Å². The fourth-order valence-corrected chi connectivity index (χ4v) is 2.79. The van der Waals surface area contributed by atoms with E-state index in [9.17, 15) is 8.42 Å². The Morgan fingerprint density at radius 3 is 2.00 bits per heavy atom. The molecule has 0 N–H and O–H groups in total. The highest BCUT2D eigenvalue weighted by atomic mass is 35.7. The van der Waals surface area contributed by atoms with Gasteiger partial charge in [-0.1, -0.05) is 26.8 Å². The van der Waals surface area contributed by atoms with E-state index in [1.807, 2.05) is 33.8 Å². The molecule has 0 aliphatic rings. The first-order valence-electron chi connectivity index (χ1n) is 5.10. The van der Waals surface area contributed by atoms with Crippen LogP contribution < -0.4 is 0 Å². The topological polar surface area (TPSA) is 34.1 Å². The van der Waals surface area contributed by atoms with Gasteiger partial charge in [-0.05, 0) is 42.0 Å². The summed E-state index contributed by atoms with van der Waals surface area (Å²) in [5.41, 5.74) is 2.57. The van der Waals surface area contributed by atoms with Gasteiger partial charge in [0.05, 0.1) is 4.90 Å². The Hall–Kier alpha value is -0.540. The summed E-state index contributed by atoms with van der Waals surface area (Å²) in [7, 11) is 1.76. The Balaban J connectivity index is 3.59. The molecule has 0 aliphatic heterocycles. The summed E-state index contributed by atoms with van der Waals surface area (Å²) in [4.78, 5) is 0.221. The molecule has 4 heteroatoms. The summed E-state index contributed by atoms with van der Waals surface area (Å²) < 4.78 is 22.9. The molecule has 0 fully saturated rings. The number of hydrogen-bond donors (Lipinski definition) is 0. The molecule has 0 amide bonds. The normalized spacial score (nSPS) is 12.9. The van der Waals surface area contributed by atoms with Gasteiger partial charge in [-0.3, -0.25) is 0 Å². The van der Waals surface area contributed by atoms with Gasteiger partial charge in [-0.2, -0.15) is 0 Å². The SMILES string of the molecule is Cc1cc(C(C)(C)C)cc(S(=O)(=O)Cl)c1C. The van der Waals surface area contributed by atoms with Crippen molar-refractivity contribution < 1.29 is 8.42 Å². The summed E-state index contributed by atoms with van der Waals surface area (Å²) in [6.07, 6.45) is 0. The van der Waals surface area contributed by atoms with Crippen molar-refractivity contribution in [1.29, 1.82) is 0 Å². The quantitative estimate of drug-likeness (QED) is 0.724. The van der Waals surface area contributed by atoms with Crippen molar-refractivity contribution in [2.45, 2.75) is 44.9 Å². The minimum atomic E-state index is -3.67. The molecule has 0 heterocycles. The van der Waals surface area contributed by atoms with Gasteiger partial charge < -0.3 is 0 Å². The molecule has 0 atom stereocenters. The third-order valence-electron chi connectivity index (χ3n) is 2.75. The van der Waals surface area contributed by atoms with Gasteiger partial charge in [-0.15, -0.1) is 0 Å². The van der Waals surface area contributed by atoms with Crippen LogP contribution in [-0.4, -0.2) is 8.42 Å². The standard InChI is InChI=1S/C12H17ClO2S/c1-8-6-10(12(3,4)5)7-11(9(8)2)16(13,14)15/h6-7H,1-5H3. The zero-order valence-corrected chi connectivity index (χ0v) is 11.8. The van der Waals surface area contributed by atoms with Crippen LogP contribution in [0.4, 0.5) is 0 Å². The van der Waals surface area contributed by atoms with E-state index in [1.165, 1.54) is 0 Å². The zero-order valence-electron chi connectivity index (χ0n) is 10.3. The first kappa shape index (κ1) is 13.5. The lowest BCUT2D eigenvalue weighted by molar-refractivity contribution is 0.585. The predicted octanol–water partition coefficient (Wildman–Crippen LogP) is 3.53. The van der Waals surface area contributed by atoms with Gasteiger partial charge in [0.2, 0.25) is 0 Å². The average Bonchev–Trinajstić information content (AvgIpc) is 2.05. The molecule has 0 unspecified atom stereocenters. The van der Waals surface area contributed by atoms with Gasteiger partial charge in [-0.25, -0.2) is 8.42 Å². The van der Waals surface area contributed by atoms with E-state index in [0.29, 0.717) is 0 Å². The zero-order chi connectivity index (χ0) is 12.7. The molecule has 0 saturated carbocycles. The van der Waals surface area contributed by atoms with Crippen LogP contribution in [0.25, 0.3) is 0 Å². The Labute approximate surface area is 102 Å². The Morgan fingerprint density at radius 1 is 1.12 bits per heavy atom. The highest BCUT2D eigenvalue weighted by Crippen LogP contribution is 2.30. The van der Waals surface area contributed by atoms with Gasteiger partial charge in [0, 0.05) is 10.7 Å². The number of aryl methyl sites for hydroxylation is 1. The van der Waals surface area contributed by atoms with Crippen LogP contribution in [0.3, 0.4) is 0 Å². The van der Waals surface area contributed by atoms with Gasteiger partial charge >= 0.3 is 0 Å².